The number of nitro benzene ring substituents is 1. The van der Waals surface area contributed by atoms with Crippen molar-refractivity contribution in [2.45, 2.75) is 49.1 Å². The molecule has 1 aliphatic rings. The Bertz CT molecular complexity index is 779. The zero-order chi connectivity index (χ0) is 19.2. The van der Waals surface area contributed by atoms with Crippen LogP contribution < -0.4 is 5.32 Å². The molecule has 2 aromatic carbocycles. The molecular formula is C21H27N3O2S. The first-order valence-electron chi connectivity index (χ1n) is 9.53. The normalized spacial score (nSPS) is 17.3. The van der Waals surface area contributed by atoms with Crippen LogP contribution in [-0.4, -0.2) is 35.5 Å². The van der Waals surface area contributed by atoms with Gasteiger partial charge in [0.15, 0.2) is 0 Å². The highest BCUT2D eigenvalue weighted by molar-refractivity contribution is 7.99. The third kappa shape index (κ3) is 5.31. The molecule has 1 atom stereocenters. The molecule has 1 heterocycles. The molecule has 6 heteroatoms. The van der Waals surface area contributed by atoms with E-state index in [-0.39, 0.29) is 10.6 Å². The van der Waals surface area contributed by atoms with E-state index in [9.17, 15) is 10.1 Å². The highest BCUT2D eigenvalue weighted by atomic mass is 32.2. The van der Waals surface area contributed by atoms with Crippen LogP contribution in [0.4, 0.5) is 5.69 Å². The molecule has 1 aliphatic heterocycles. The Kier molecular flexibility index (Phi) is 6.88. The topological polar surface area (TPSA) is 58.4 Å². The van der Waals surface area contributed by atoms with Crippen molar-refractivity contribution in [3.8, 4) is 0 Å². The lowest BCUT2D eigenvalue weighted by atomic mass is 10.2. The molecule has 2 aromatic rings. The number of nitrogens with zero attached hydrogens (tertiary/aromatic N) is 2. The number of hydrogen-bond acceptors (Lipinski definition) is 5. The van der Waals surface area contributed by atoms with Gasteiger partial charge in [0, 0.05) is 30.1 Å². The van der Waals surface area contributed by atoms with Crippen LogP contribution in [0.5, 0.6) is 0 Å². The minimum atomic E-state index is -0.282. The second-order valence-corrected chi connectivity index (χ2v) is 8.15. The second-order valence-electron chi connectivity index (χ2n) is 7.03. The highest BCUT2D eigenvalue weighted by Gasteiger charge is 2.22. The first kappa shape index (κ1) is 19.9. The number of nitro groups is 1. The van der Waals surface area contributed by atoms with Crippen LogP contribution in [0, 0.1) is 17.0 Å². The van der Waals surface area contributed by atoms with E-state index in [1.165, 1.54) is 36.7 Å². The van der Waals surface area contributed by atoms with Crippen molar-refractivity contribution in [1.29, 1.82) is 0 Å². The zero-order valence-electron chi connectivity index (χ0n) is 16.0. The molecule has 3 rings (SSSR count). The van der Waals surface area contributed by atoms with Crippen LogP contribution in [0.3, 0.4) is 0 Å². The van der Waals surface area contributed by atoms with Gasteiger partial charge in [0.05, 0.1) is 9.82 Å². The SMILES string of the molecule is CCN1CCCC1CNCc1ccc(Sc2ccc(C)cc2)c([N+](=O)[O-])c1. The van der Waals surface area contributed by atoms with Gasteiger partial charge in [-0.2, -0.15) is 0 Å². The minimum absolute atomic E-state index is 0.177. The zero-order valence-corrected chi connectivity index (χ0v) is 16.8. The largest absolute Gasteiger partial charge is 0.311 e. The number of likely N-dealkylation sites (N-methyl/N-ethyl adjacent to an activating group) is 1. The van der Waals surface area contributed by atoms with Crippen LogP contribution in [-0.2, 0) is 6.54 Å². The van der Waals surface area contributed by atoms with Gasteiger partial charge in [-0.1, -0.05) is 42.4 Å². The molecule has 0 saturated carbocycles. The number of rotatable bonds is 8. The van der Waals surface area contributed by atoms with Crippen LogP contribution in [0.2, 0.25) is 0 Å². The second kappa shape index (κ2) is 9.35. The lowest BCUT2D eigenvalue weighted by molar-refractivity contribution is -0.387. The summed E-state index contributed by atoms with van der Waals surface area (Å²) in [6.07, 6.45) is 2.49. The predicted octanol–water partition coefficient (Wildman–Crippen LogP) is 4.63. The average Bonchev–Trinajstić information content (AvgIpc) is 3.12. The maximum Gasteiger partial charge on any atom is 0.283 e. The minimum Gasteiger partial charge on any atom is -0.311 e. The van der Waals surface area contributed by atoms with Crippen molar-refractivity contribution >= 4 is 17.4 Å². The van der Waals surface area contributed by atoms with E-state index >= 15 is 0 Å². The number of nitrogens with one attached hydrogen (secondary N) is 1. The molecule has 0 amide bonds. The lowest BCUT2D eigenvalue weighted by Gasteiger charge is -2.23. The van der Waals surface area contributed by atoms with Gasteiger partial charge in [0.1, 0.15) is 0 Å². The van der Waals surface area contributed by atoms with E-state index in [2.05, 4.69) is 17.1 Å². The summed E-state index contributed by atoms with van der Waals surface area (Å²) < 4.78 is 0. The highest BCUT2D eigenvalue weighted by Crippen LogP contribution is 2.35. The summed E-state index contributed by atoms with van der Waals surface area (Å²) >= 11 is 1.44. The summed E-state index contributed by atoms with van der Waals surface area (Å²) in [5, 5.41) is 15.0. The van der Waals surface area contributed by atoms with E-state index in [4.69, 9.17) is 0 Å². The maximum atomic E-state index is 11.5. The Labute approximate surface area is 165 Å². The molecule has 5 nitrogen and oxygen atoms in total. The van der Waals surface area contributed by atoms with Gasteiger partial charge in [0.2, 0.25) is 0 Å². The number of likely N-dealkylation sites (tertiary alicyclic amines) is 1. The van der Waals surface area contributed by atoms with Crippen LogP contribution in [0.1, 0.15) is 30.9 Å². The third-order valence-electron chi connectivity index (χ3n) is 5.08. The molecule has 144 valence electrons. The molecular weight excluding hydrogens is 358 g/mol. The molecule has 0 aliphatic carbocycles. The number of hydrogen-bond donors (Lipinski definition) is 1. The van der Waals surface area contributed by atoms with Gasteiger partial charge in [-0.25, -0.2) is 0 Å². The Morgan fingerprint density at radius 1 is 1.26 bits per heavy atom. The van der Waals surface area contributed by atoms with E-state index in [1.807, 2.05) is 43.3 Å². The van der Waals surface area contributed by atoms with Gasteiger partial charge in [0.25, 0.3) is 5.69 Å². The summed E-state index contributed by atoms with van der Waals surface area (Å²) in [6.45, 7) is 8.09. The van der Waals surface area contributed by atoms with Crippen LogP contribution in [0.25, 0.3) is 0 Å². The fourth-order valence-electron chi connectivity index (χ4n) is 3.56. The van der Waals surface area contributed by atoms with Crippen molar-refractivity contribution in [3.05, 3.63) is 63.7 Å². The molecule has 1 N–H and O–H groups in total. The van der Waals surface area contributed by atoms with Crippen LogP contribution >= 0.6 is 11.8 Å². The van der Waals surface area contributed by atoms with E-state index < -0.39 is 0 Å². The van der Waals surface area contributed by atoms with Gasteiger partial charge in [-0.3, -0.25) is 15.0 Å². The Hall–Kier alpha value is -1.89. The molecule has 1 fully saturated rings. The third-order valence-corrected chi connectivity index (χ3v) is 6.16. The summed E-state index contributed by atoms with van der Waals surface area (Å²) in [7, 11) is 0. The molecule has 1 unspecified atom stereocenters. The smallest absolute Gasteiger partial charge is 0.283 e. The number of aryl methyl sites for hydroxylation is 1. The summed E-state index contributed by atoms with van der Waals surface area (Å²) in [5.74, 6) is 0. The standard InChI is InChI=1S/C21H27N3O2S/c1-3-23-12-4-5-18(23)15-22-14-17-8-11-21(20(13-17)24(25)26)27-19-9-6-16(2)7-10-19/h6-11,13,18,22H,3-5,12,14-15H2,1-2H3. The Morgan fingerprint density at radius 2 is 2.04 bits per heavy atom. The average molecular weight is 386 g/mol. The Morgan fingerprint density at radius 3 is 2.74 bits per heavy atom. The molecule has 27 heavy (non-hydrogen) atoms. The molecule has 0 spiro atoms. The fraction of sp³-hybridized carbons (Fsp3) is 0.429. The van der Waals surface area contributed by atoms with Gasteiger partial charge >= 0.3 is 0 Å². The monoisotopic (exact) mass is 385 g/mol. The van der Waals surface area contributed by atoms with E-state index in [0.29, 0.717) is 17.5 Å². The van der Waals surface area contributed by atoms with Crippen molar-refractivity contribution < 1.29 is 4.92 Å². The van der Waals surface area contributed by atoms with E-state index in [1.54, 1.807) is 6.07 Å². The predicted molar refractivity (Wildman–Crippen MR) is 110 cm³/mol. The Balaban J connectivity index is 1.64. The molecule has 0 radical (unpaired) electrons. The van der Waals surface area contributed by atoms with Crippen molar-refractivity contribution in [3.63, 3.8) is 0 Å². The summed E-state index contributed by atoms with van der Waals surface area (Å²) in [6, 6.07) is 14.2. The molecule has 0 aromatic heterocycles. The summed E-state index contributed by atoms with van der Waals surface area (Å²) in [5.41, 5.74) is 2.31. The maximum absolute atomic E-state index is 11.5. The van der Waals surface area contributed by atoms with Gasteiger partial charge < -0.3 is 5.32 Å². The quantitative estimate of drug-likeness (QED) is 0.530. The summed E-state index contributed by atoms with van der Waals surface area (Å²) in [4.78, 5) is 15.5. The van der Waals surface area contributed by atoms with Crippen LogP contribution in [0.15, 0.2) is 52.3 Å². The molecule has 0 bridgehead atoms. The van der Waals surface area contributed by atoms with Gasteiger partial charge in [-0.15, -0.1) is 0 Å². The number of benzene rings is 2. The first-order chi connectivity index (χ1) is 13.1. The molecule has 1 saturated heterocycles. The van der Waals surface area contributed by atoms with Gasteiger partial charge in [-0.05, 0) is 56.6 Å². The van der Waals surface area contributed by atoms with Crippen molar-refractivity contribution in [2.24, 2.45) is 0 Å². The lowest BCUT2D eigenvalue weighted by Crippen LogP contribution is -2.37. The van der Waals surface area contributed by atoms with E-state index in [0.717, 1.165) is 23.5 Å². The fourth-order valence-corrected chi connectivity index (χ4v) is 4.46. The van der Waals surface area contributed by atoms with Crippen molar-refractivity contribution in [1.82, 2.24) is 10.2 Å². The van der Waals surface area contributed by atoms with Crippen molar-refractivity contribution in [2.75, 3.05) is 19.6 Å². The first-order valence-corrected chi connectivity index (χ1v) is 10.3.